The van der Waals surface area contributed by atoms with Gasteiger partial charge in [0.15, 0.2) is 0 Å². The largest absolute Gasteiger partial charge is 0.324 e. The molecule has 15 heavy (non-hydrogen) atoms. The summed E-state index contributed by atoms with van der Waals surface area (Å²) < 4.78 is 12.8. The SMILES string of the molecule is C=C(C)C[C@@H](N)c1ccc(F)cc1C.Cl. The van der Waals surface area contributed by atoms with Gasteiger partial charge in [0.1, 0.15) is 5.82 Å². The predicted molar refractivity (Wildman–Crippen MR) is 64.7 cm³/mol. The second-order valence-electron chi connectivity index (χ2n) is 3.77. The Labute approximate surface area is 96.6 Å². The van der Waals surface area contributed by atoms with Gasteiger partial charge < -0.3 is 5.73 Å². The first-order valence-electron chi connectivity index (χ1n) is 4.66. The summed E-state index contributed by atoms with van der Waals surface area (Å²) in [5, 5.41) is 0. The molecule has 0 amide bonds. The fourth-order valence-corrected chi connectivity index (χ4v) is 1.54. The molecule has 2 N–H and O–H groups in total. The fraction of sp³-hybridized carbons (Fsp3) is 0.333. The maximum absolute atomic E-state index is 12.8. The van der Waals surface area contributed by atoms with Crippen molar-refractivity contribution in [3.63, 3.8) is 0 Å². The first-order chi connectivity index (χ1) is 6.50. The number of nitrogens with two attached hydrogens (primary N) is 1. The van der Waals surface area contributed by atoms with Crippen molar-refractivity contribution in [3.05, 3.63) is 47.3 Å². The van der Waals surface area contributed by atoms with Gasteiger partial charge >= 0.3 is 0 Å². The molecule has 0 heterocycles. The molecule has 0 bridgehead atoms. The maximum atomic E-state index is 12.8. The average Bonchev–Trinajstić information content (AvgIpc) is 2.01. The lowest BCUT2D eigenvalue weighted by Gasteiger charge is -2.14. The van der Waals surface area contributed by atoms with E-state index in [9.17, 15) is 4.39 Å². The molecule has 0 spiro atoms. The van der Waals surface area contributed by atoms with Crippen LogP contribution in [0.5, 0.6) is 0 Å². The molecule has 0 saturated carbocycles. The molecule has 1 aromatic carbocycles. The van der Waals surface area contributed by atoms with E-state index in [4.69, 9.17) is 5.73 Å². The van der Waals surface area contributed by atoms with Gasteiger partial charge in [0.25, 0.3) is 0 Å². The fourth-order valence-electron chi connectivity index (χ4n) is 1.54. The number of rotatable bonds is 3. The van der Waals surface area contributed by atoms with Crippen LogP contribution in [0.15, 0.2) is 30.4 Å². The van der Waals surface area contributed by atoms with E-state index in [-0.39, 0.29) is 24.3 Å². The molecule has 1 nitrogen and oxygen atoms in total. The zero-order chi connectivity index (χ0) is 10.7. The number of hydrogen-bond donors (Lipinski definition) is 1. The van der Waals surface area contributed by atoms with E-state index in [0.717, 1.165) is 23.1 Å². The Balaban J connectivity index is 0.00000196. The molecule has 1 atom stereocenters. The van der Waals surface area contributed by atoms with E-state index in [1.165, 1.54) is 12.1 Å². The van der Waals surface area contributed by atoms with Gasteiger partial charge in [-0.25, -0.2) is 4.39 Å². The summed E-state index contributed by atoms with van der Waals surface area (Å²) in [4.78, 5) is 0. The Bertz CT molecular complexity index is 349. The minimum Gasteiger partial charge on any atom is -0.324 e. The Kier molecular flexibility index (Phi) is 5.55. The van der Waals surface area contributed by atoms with Crippen molar-refractivity contribution in [2.45, 2.75) is 26.3 Å². The number of benzene rings is 1. The van der Waals surface area contributed by atoms with Gasteiger partial charge in [-0.15, -0.1) is 19.0 Å². The van der Waals surface area contributed by atoms with Crippen LogP contribution >= 0.6 is 12.4 Å². The average molecular weight is 230 g/mol. The van der Waals surface area contributed by atoms with Crippen LogP contribution in [0.3, 0.4) is 0 Å². The molecule has 3 heteroatoms. The lowest BCUT2D eigenvalue weighted by Crippen LogP contribution is -2.12. The molecule has 0 aliphatic rings. The minimum absolute atomic E-state index is 0. The van der Waals surface area contributed by atoms with Crippen LogP contribution in [0.1, 0.15) is 30.5 Å². The van der Waals surface area contributed by atoms with Crippen LogP contribution in [0.2, 0.25) is 0 Å². The van der Waals surface area contributed by atoms with Gasteiger partial charge in [-0.2, -0.15) is 0 Å². The van der Waals surface area contributed by atoms with Crippen LogP contribution < -0.4 is 5.73 Å². The highest BCUT2D eigenvalue weighted by atomic mass is 35.5. The third-order valence-electron chi connectivity index (χ3n) is 2.20. The Morgan fingerprint density at radius 1 is 1.53 bits per heavy atom. The molecule has 0 saturated heterocycles. The van der Waals surface area contributed by atoms with Crippen molar-refractivity contribution in [3.8, 4) is 0 Å². The monoisotopic (exact) mass is 229 g/mol. The van der Waals surface area contributed by atoms with Crippen LogP contribution in [0, 0.1) is 12.7 Å². The zero-order valence-corrected chi connectivity index (χ0v) is 9.90. The molecule has 0 aromatic heterocycles. The van der Waals surface area contributed by atoms with Gasteiger partial charge in [0, 0.05) is 6.04 Å². The number of aryl methyl sites for hydroxylation is 1. The molecule has 0 aliphatic carbocycles. The first-order valence-corrected chi connectivity index (χ1v) is 4.66. The molecule has 1 aromatic rings. The van der Waals surface area contributed by atoms with Gasteiger partial charge in [-0.3, -0.25) is 0 Å². The summed E-state index contributed by atoms with van der Waals surface area (Å²) in [6, 6.07) is 4.63. The predicted octanol–water partition coefficient (Wildman–Crippen LogP) is 3.52. The van der Waals surface area contributed by atoms with E-state index in [1.54, 1.807) is 6.07 Å². The molecule has 0 unspecified atom stereocenters. The molecule has 0 aliphatic heterocycles. The second kappa shape index (κ2) is 5.89. The quantitative estimate of drug-likeness (QED) is 0.789. The van der Waals surface area contributed by atoms with Crippen molar-refractivity contribution in [1.29, 1.82) is 0 Å². The lowest BCUT2D eigenvalue weighted by atomic mass is 9.97. The summed E-state index contributed by atoms with van der Waals surface area (Å²) in [5.74, 6) is -0.214. The number of halogens is 2. The lowest BCUT2D eigenvalue weighted by molar-refractivity contribution is 0.622. The highest BCUT2D eigenvalue weighted by Crippen LogP contribution is 2.21. The summed E-state index contributed by atoms with van der Waals surface area (Å²) in [6.07, 6.45) is 0.743. The van der Waals surface area contributed by atoms with Crippen molar-refractivity contribution in [2.24, 2.45) is 5.73 Å². The van der Waals surface area contributed by atoms with Crippen molar-refractivity contribution in [1.82, 2.24) is 0 Å². The summed E-state index contributed by atoms with van der Waals surface area (Å²) in [6.45, 7) is 7.63. The van der Waals surface area contributed by atoms with E-state index in [1.807, 2.05) is 13.8 Å². The van der Waals surface area contributed by atoms with Crippen LogP contribution in [0.4, 0.5) is 4.39 Å². The van der Waals surface area contributed by atoms with Crippen LogP contribution in [0.25, 0.3) is 0 Å². The van der Waals surface area contributed by atoms with E-state index >= 15 is 0 Å². The Morgan fingerprint density at radius 3 is 2.60 bits per heavy atom. The Hall–Kier alpha value is -0.860. The third-order valence-corrected chi connectivity index (χ3v) is 2.20. The van der Waals surface area contributed by atoms with Crippen LogP contribution in [-0.2, 0) is 0 Å². The van der Waals surface area contributed by atoms with Crippen molar-refractivity contribution in [2.75, 3.05) is 0 Å². The molecule has 0 radical (unpaired) electrons. The maximum Gasteiger partial charge on any atom is 0.123 e. The topological polar surface area (TPSA) is 26.0 Å². The molecule has 1 rings (SSSR count). The van der Waals surface area contributed by atoms with Crippen molar-refractivity contribution >= 4 is 12.4 Å². The smallest absolute Gasteiger partial charge is 0.123 e. The van der Waals surface area contributed by atoms with Gasteiger partial charge in [0.05, 0.1) is 0 Å². The molecular weight excluding hydrogens is 213 g/mol. The normalized spacial score (nSPS) is 11.7. The van der Waals surface area contributed by atoms with Crippen LogP contribution in [-0.4, -0.2) is 0 Å². The minimum atomic E-state index is -0.214. The van der Waals surface area contributed by atoms with Gasteiger partial charge in [-0.1, -0.05) is 11.6 Å². The Morgan fingerprint density at radius 2 is 2.13 bits per heavy atom. The third kappa shape index (κ3) is 4.02. The standard InChI is InChI=1S/C12H16FN.ClH/c1-8(2)6-12(14)11-5-4-10(13)7-9(11)3;/h4-5,7,12H,1,6,14H2,2-3H3;1H/t12-;/m1./s1. The van der Waals surface area contributed by atoms with Gasteiger partial charge in [-0.05, 0) is 43.5 Å². The summed E-state index contributed by atoms with van der Waals surface area (Å²) in [7, 11) is 0. The van der Waals surface area contributed by atoms with E-state index < -0.39 is 0 Å². The first kappa shape index (κ1) is 14.1. The molecular formula is C12H17ClFN. The van der Waals surface area contributed by atoms with Crippen molar-refractivity contribution < 1.29 is 4.39 Å². The van der Waals surface area contributed by atoms with E-state index in [0.29, 0.717) is 0 Å². The summed E-state index contributed by atoms with van der Waals surface area (Å²) >= 11 is 0. The second-order valence-corrected chi connectivity index (χ2v) is 3.77. The highest BCUT2D eigenvalue weighted by Gasteiger charge is 2.09. The zero-order valence-electron chi connectivity index (χ0n) is 9.09. The summed E-state index contributed by atoms with van der Waals surface area (Å²) in [5.41, 5.74) is 8.90. The molecule has 84 valence electrons. The molecule has 0 fully saturated rings. The van der Waals surface area contributed by atoms with Gasteiger partial charge in [0.2, 0.25) is 0 Å². The highest BCUT2D eigenvalue weighted by molar-refractivity contribution is 5.85. The van der Waals surface area contributed by atoms with E-state index in [2.05, 4.69) is 6.58 Å². The number of hydrogen-bond acceptors (Lipinski definition) is 1.